The average Bonchev–Trinajstić information content (AvgIpc) is 2.73. The Balaban J connectivity index is 1.83. The average molecular weight is 498 g/mol. The molecule has 2 aromatic carbocycles. The van der Waals surface area contributed by atoms with E-state index in [0.717, 1.165) is 10.00 Å². The number of sulfonamides is 1. The Morgan fingerprint density at radius 2 is 1.84 bits per heavy atom. The lowest BCUT2D eigenvalue weighted by Crippen LogP contribution is -2.24. The van der Waals surface area contributed by atoms with Crippen LogP contribution in [-0.2, 0) is 14.8 Å². The third-order valence-corrected chi connectivity index (χ3v) is 6.96. The van der Waals surface area contributed by atoms with E-state index < -0.39 is 15.9 Å². The van der Waals surface area contributed by atoms with E-state index in [9.17, 15) is 13.2 Å². The highest BCUT2D eigenvalue weighted by atomic mass is 35.5. The molecule has 32 heavy (non-hydrogen) atoms. The number of carbonyl (C=O) groups excluding carboxylic acids is 1. The second kappa shape index (κ2) is 9.50. The normalized spacial score (nSPS) is 11.6. The third-order valence-electron chi connectivity index (χ3n) is 4.53. The number of ether oxygens (including phenoxy) is 2. The summed E-state index contributed by atoms with van der Waals surface area (Å²) in [5.41, 5.74) is 1.44. The van der Waals surface area contributed by atoms with E-state index in [2.05, 4.69) is 10.3 Å². The molecule has 3 rings (SSSR count). The van der Waals surface area contributed by atoms with Crippen molar-refractivity contribution in [1.29, 1.82) is 0 Å². The Morgan fingerprint density at radius 1 is 1.12 bits per heavy atom. The molecule has 1 N–H and O–H groups in total. The third kappa shape index (κ3) is 4.91. The predicted molar refractivity (Wildman–Crippen MR) is 124 cm³/mol. The van der Waals surface area contributed by atoms with Gasteiger partial charge in [0.2, 0.25) is 10.0 Å². The molecule has 0 radical (unpaired) electrons. The van der Waals surface area contributed by atoms with E-state index in [1.54, 1.807) is 6.07 Å². The van der Waals surface area contributed by atoms with Crippen molar-refractivity contribution in [2.45, 2.75) is 11.8 Å². The van der Waals surface area contributed by atoms with Gasteiger partial charge in [0.05, 0.1) is 17.2 Å². The van der Waals surface area contributed by atoms with Crippen molar-refractivity contribution in [3.05, 3.63) is 52.1 Å². The molecule has 0 bridgehead atoms. The molecule has 8 nitrogen and oxygen atoms in total. The maximum atomic E-state index is 12.6. The molecular weight excluding hydrogens is 477 g/mol. The van der Waals surface area contributed by atoms with Crippen LogP contribution in [0.5, 0.6) is 11.5 Å². The standard InChI is InChI=1S/C21H21Cl2N3O5S/c1-12-5-7-14-15(22)10-16(23)21(20(14)24-12)31-11-19(27)25-13-6-8-17(30-4)18(9-13)32(28,29)26(2)3/h5-10H,11H2,1-4H3,(H,25,27). The molecule has 0 aliphatic rings. The SMILES string of the molecule is COc1ccc(NC(=O)COc2c(Cl)cc(Cl)c3ccc(C)nc23)cc1S(=O)(=O)N(C)C. The number of aryl methyl sites for hydroxylation is 1. The Labute approximate surface area is 196 Å². The minimum atomic E-state index is -3.78. The largest absolute Gasteiger partial charge is 0.495 e. The number of anilines is 1. The molecule has 3 aromatic rings. The van der Waals surface area contributed by atoms with Gasteiger partial charge < -0.3 is 14.8 Å². The number of rotatable bonds is 7. The number of aromatic nitrogens is 1. The van der Waals surface area contributed by atoms with Crippen LogP contribution in [0.4, 0.5) is 5.69 Å². The second-order valence-corrected chi connectivity index (χ2v) is 9.94. The van der Waals surface area contributed by atoms with E-state index in [1.807, 2.05) is 13.0 Å². The number of carbonyl (C=O) groups is 1. The van der Waals surface area contributed by atoms with Crippen LogP contribution in [0.25, 0.3) is 10.9 Å². The number of nitrogens with one attached hydrogen (secondary N) is 1. The van der Waals surface area contributed by atoms with Crippen LogP contribution in [0.2, 0.25) is 10.0 Å². The van der Waals surface area contributed by atoms with Gasteiger partial charge in [0.25, 0.3) is 5.91 Å². The van der Waals surface area contributed by atoms with E-state index in [4.69, 9.17) is 32.7 Å². The van der Waals surface area contributed by atoms with Crippen molar-refractivity contribution in [3.8, 4) is 11.5 Å². The highest BCUT2D eigenvalue weighted by Gasteiger charge is 2.23. The van der Waals surface area contributed by atoms with Crippen LogP contribution in [0.15, 0.2) is 41.3 Å². The van der Waals surface area contributed by atoms with Crippen LogP contribution in [0.3, 0.4) is 0 Å². The molecule has 0 spiro atoms. The van der Waals surface area contributed by atoms with Gasteiger partial charge in [0.1, 0.15) is 16.2 Å². The van der Waals surface area contributed by atoms with Gasteiger partial charge in [-0.05, 0) is 43.3 Å². The van der Waals surface area contributed by atoms with Gasteiger partial charge in [-0.15, -0.1) is 0 Å². The van der Waals surface area contributed by atoms with E-state index in [-0.39, 0.29) is 33.7 Å². The van der Waals surface area contributed by atoms with Crippen LogP contribution in [0, 0.1) is 6.92 Å². The van der Waals surface area contributed by atoms with Crippen LogP contribution >= 0.6 is 23.2 Å². The Kier molecular flexibility index (Phi) is 7.14. The summed E-state index contributed by atoms with van der Waals surface area (Å²) < 4.78 is 37.0. The van der Waals surface area contributed by atoms with Crippen molar-refractivity contribution in [3.63, 3.8) is 0 Å². The van der Waals surface area contributed by atoms with Crippen molar-refractivity contribution >= 4 is 55.7 Å². The van der Waals surface area contributed by atoms with Crippen LogP contribution < -0.4 is 14.8 Å². The zero-order valence-electron chi connectivity index (χ0n) is 17.8. The monoisotopic (exact) mass is 497 g/mol. The molecule has 0 saturated heterocycles. The maximum Gasteiger partial charge on any atom is 0.262 e. The highest BCUT2D eigenvalue weighted by Crippen LogP contribution is 2.37. The quantitative estimate of drug-likeness (QED) is 0.526. The lowest BCUT2D eigenvalue weighted by atomic mass is 10.2. The molecule has 1 heterocycles. The Bertz CT molecular complexity index is 1300. The predicted octanol–water partition coefficient (Wildman–Crippen LogP) is 4.13. The molecular formula is C21H21Cl2N3O5S. The molecule has 0 fully saturated rings. The van der Waals surface area contributed by atoms with Gasteiger partial charge in [-0.1, -0.05) is 23.2 Å². The van der Waals surface area contributed by atoms with Gasteiger partial charge in [0, 0.05) is 30.9 Å². The maximum absolute atomic E-state index is 12.6. The second-order valence-electron chi connectivity index (χ2n) is 7.01. The van der Waals surface area contributed by atoms with E-state index >= 15 is 0 Å². The molecule has 0 unspecified atom stereocenters. The molecule has 1 aromatic heterocycles. The number of hydrogen-bond donors (Lipinski definition) is 1. The van der Waals surface area contributed by atoms with Gasteiger partial charge >= 0.3 is 0 Å². The first-order valence-corrected chi connectivity index (χ1v) is 11.5. The van der Waals surface area contributed by atoms with Crippen LogP contribution in [-0.4, -0.2) is 51.4 Å². The van der Waals surface area contributed by atoms with Gasteiger partial charge in [-0.25, -0.2) is 17.7 Å². The summed E-state index contributed by atoms with van der Waals surface area (Å²) in [6.07, 6.45) is 0. The summed E-state index contributed by atoms with van der Waals surface area (Å²) in [6.45, 7) is 1.43. The molecule has 0 atom stereocenters. The number of benzene rings is 2. The first kappa shape index (κ1) is 24.1. The number of nitrogens with zero attached hydrogens (tertiary/aromatic N) is 2. The van der Waals surface area contributed by atoms with Gasteiger partial charge in [-0.3, -0.25) is 4.79 Å². The zero-order valence-corrected chi connectivity index (χ0v) is 20.1. The number of hydrogen-bond acceptors (Lipinski definition) is 6. The topological polar surface area (TPSA) is 97.8 Å². The van der Waals surface area contributed by atoms with Crippen molar-refractivity contribution in [2.75, 3.05) is 33.1 Å². The van der Waals surface area contributed by atoms with Gasteiger partial charge in [-0.2, -0.15) is 0 Å². The van der Waals surface area contributed by atoms with Crippen molar-refractivity contribution in [1.82, 2.24) is 9.29 Å². The first-order chi connectivity index (χ1) is 15.0. The van der Waals surface area contributed by atoms with Crippen molar-refractivity contribution in [2.24, 2.45) is 0 Å². The van der Waals surface area contributed by atoms with Crippen LogP contribution in [0.1, 0.15) is 5.69 Å². The summed E-state index contributed by atoms with van der Waals surface area (Å²) in [6, 6.07) is 9.44. The highest BCUT2D eigenvalue weighted by molar-refractivity contribution is 7.89. The fourth-order valence-electron chi connectivity index (χ4n) is 2.92. The summed E-state index contributed by atoms with van der Waals surface area (Å²) in [4.78, 5) is 16.8. The summed E-state index contributed by atoms with van der Waals surface area (Å²) in [5, 5.41) is 3.90. The smallest absolute Gasteiger partial charge is 0.262 e. The minimum Gasteiger partial charge on any atom is -0.495 e. The van der Waals surface area contributed by atoms with E-state index in [0.29, 0.717) is 15.9 Å². The Hall–Kier alpha value is -2.59. The number of halogens is 2. The zero-order chi connectivity index (χ0) is 23.6. The van der Waals surface area contributed by atoms with Gasteiger partial charge in [0.15, 0.2) is 12.4 Å². The number of methoxy groups -OCH3 is 1. The number of amides is 1. The number of pyridine rings is 1. The number of fused-ring (bicyclic) bond motifs is 1. The molecule has 11 heteroatoms. The molecule has 0 aliphatic heterocycles. The molecule has 0 aliphatic carbocycles. The fraction of sp³-hybridized carbons (Fsp3) is 0.238. The first-order valence-electron chi connectivity index (χ1n) is 9.33. The Morgan fingerprint density at radius 3 is 2.50 bits per heavy atom. The summed E-state index contributed by atoms with van der Waals surface area (Å²) in [5.74, 6) is -0.125. The fourth-order valence-corrected chi connectivity index (χ4v) is 4.56. The lowest BCUT2D eigenvalue weighted by molar-refractivity contribution is -0.118. The lowest BCUT2D eigenvalue weighted by Gasteiger charge is -2.16. The minimum absolute atomic E-state index is 0.0740. The molecule has 1 amide bonds. The molecule has 170 valence electrons. The van der Waals surface area contributed by atoms with E-state index in [1.165, 1.54) is 45.5 Å². The summed E-state index contributed by atoms with van der Waals surface area (Å²) >= 11 is 12.5. The molecule has 0 saturated carbocycles. The van der Waals surface area contributed by atoms with Crippen molar-refractivity contribution < 1.29 is 22.7 Å². The summed E-state index contributed by atoms with van der Waals surface area (Å²) in [7, 11) is 0.396.